The summed E-state index contributed by atoms with van der Waals surface area (Å²) in [5.41, 5.74) is 1.41. The van der Waals surface area contributed by atoms with Crippen LogP contribution in [0.3, 0.4) is 0 Å². The summed E-state index contributed by atoms with van der Waals surface area (Å²) < 4.78 is 5.73. The fraction of sp³-hybridized carbons (Fsp3) is 0.368. The smallest absolute Gasteiger partial charge is 0.272 e. The van der Waals surface area contributed by atoms with Gasteiger partial charge < -0.3 is 9.64 Å². The van der Waals surface area contributed by atoms with Gasteiger partial charge in [0.15, 0.2) is 0 Å². The number of nitrogens with zero attached hydrogens (tertiary/aromatic N) is 3. The lowest BCUT2D eigenvalue weighted by molar-refractivity contribution is 0.0614. The average Bonchev–Trinajstić information content (AvgIpc) is 2.63. The van der Waals surface area contributed by atoms with Crippen molar-refractivity contribution in [2.75, 3.05) is 39.3 Å². The summed E-state index contributed by atoms with van der Waals surface area (Å²) in [4.78, 5) is 21.0. The Kier molecular flexibility index (Phi) is 5.43. The Bertz CT molecular complexity index is 667. The number of para-hydroxylation sites is 1. The number of pyridine rings is 1. The Morgan fingerprint density at radius 2 is 1.79 bits per heavy atom. The second-order valence-corrected chi connectivity index (χ2v) is 5.96. The topological polar surface area (TPSA) is 45.7 Å². The van der Waals surface area contributed by atoms with Crippen molar-refractivity contribution >= 4 is 5.91 Å². The SMILES string of the molecule is Cc1cccc(C(=O)N2CCN(CCOc3ccccc3)CC2)n1. The van der Waals surface area contributed by atoms with E-state index in [1.54, 1.807) is 6.07 Å². The van der Waals surface area contributed by atoms with Crippen LogP contribution in [-0.4, -0.2) is 60.0 Å². The Balaban J connectivity index is 1.43. The molecule has 0 aliphatic carbocycles. The first-order valence-corrected chi connectivity index (χ1v) is 8.35. The Morgan fingerprint density at radius 1 is 1.04 bits per heavy atom. The maximum Gasteiger partial charge on any atom is 0.272 e. The van der Waals surface area contributed by atoms with Crippen molar-refractivity contribution < 1.29 is 9.53 Å². The minimum absolute atomic E-state index is 0.0267. The van der Waals surface area contributed by atoms with Crippen molar-refractivity contribution in [1.82, 2.24) is 14.8 Å². The molecule has 1 aliphatic rings. The largest absolute Gasteiger partial charge is 0.492 e. The quantitative estimate of drug-likeness (QED) is 0.846. The van der Waals surface area contributed by atoms with Crippen LogP contribution < -0.4 is 4.74 Å². The number of carbonyl (C=O) groups is 1. The van der Waals surface area contributed by atoms with Crippen molar-refractivity contribution in [3.8, 4) is 5.75 Å². The lowest BCUT2D eigenvalue weighted by atomic mass is 10.2. The molecule has 1 amide bonds. The molecule has 0 saturated carbocycles. The van der Waals surface area contributed by atoms with E-state index in [2.05, 4.69) is 9.88 Å². The molecule has 0 atom stereocenters. The van der Waals surface area contributed by atoms with Crippen LogP contribution in [0.4, 0.5) is 0 Å². The van der Waals surface area contributed by atoms with Gasteiger partial charge in [0.2, 0.25) is 0 Å². The molecule has 0 radical (unpaired) electrons. The normalized spacial score (nSPS) is 15.3. The highest BCUT2D eigenvalue weighted by molar-refractivity contribution is 5.92. The van der Waals surface area contributed by atoms with Crippen LogP contribution in [-0.2, 0) is 0 Å². The number of aromatic nitrogens is 1. The fourth-order valence-electron chi connectivity index (χ4n) is 2.81. The fourth-order valence-corrected chi connectivity index (χ4v) is 2.81. The third-order valence-electron chi connectivity index (χ3n) is 4.19. The summed E-state index contributed by atoms with van der Waals surface area (Å²) in [6, 6.07) is 15.4. The van der Waals surface area contributed by atoms with E-state index in [0.29, 0.717) is 12.3 Å². The second-order valence-electron chi connectivity index (χ2n) is 5.96. The van der Waals surface area contributed by atoms with E-state index in [0.717, 1.165) is 44.2 Å². The standard InChI is InChI=1S/C19H23N3O2/c1-16-6-5-9-18(20-16)19(23)22-12-10-21(11-13-22)14-15-24-17-7-3-2-4-8-17/h2-9H,10-15H2,1H3. The van der Waals surface area contributed by atoms with Gasteiger partial charge in [0.05, 0.1) is 0 Å². The number of hydrogen-bond acceptors (Lipinski definition) is 4. The second kappa shape index (κ2) is 7.93. The van der Waals surface area contributed by atoms with Crippen LogP contribution in [0.1, 0.15) is 16.2 Å². The zero-order valence-electron chi connectivity index (χ0n) is 14.0. The van der Waals surface area contributed by atoms with Crippen LogP contribution in [0.2, 0.25) is 0 Å². The summed E-state index contributed by atoms with van der Waals surface area (Å²) in [6.07, 6.45) is 0. The predicted octanol–water partition coefficient (Wildman–Crippen LogP) is 2.23. The minimum atomic E-state index is 0.0267. The molecule has 1 fully saturated rings. The van der Waals surface area contributed by atoms with Crippen LogP contribution in [0.5, 0.6) is 5.75 Å². The highest BCUT2D eigenvalue weighted by atomic mass is 16.5. The third kappa shape index (κ3) is 4.32. The number of rotatable bonds is 5. The first kappa shape index (κ1) is 16.5. The first-order chi connectivity index (χ1) is 11.7. The van der Waals surface area contributed by atoms with Gasteiger partial charge in [0, 0.05) is 38.4 Å². The van der Waals surface area contributed by atoms with Gasteiger partial charge in [-0.25, -0.2) is 4.98 Å². The van der Waals surface area contributed by atoms with E-state index in [1.165, 1.54) is 0 Å². The molecule has 1 aromatic heterocycles. The molecule has 5 heteroatoms. The van der Waals surface area contributed by atoms with E-state index >= 15 is 0 Å². The molecule has 2 aromatic rings. The summed E-state index contributed by atoms with van der Waals surface area (Å²) in [7, 11) is 0. The van der Waals surface area contributed by atoms with Gasteiger partial charge in [0.25, 0.3) is 5.91 Å². The Morgan fingerprint density at radius 3 is 2.50 bits per heavy atom. The molecule has 1 aromatic carbocycles. The third-order valence-corrected chi connectivity index (χ3v) is 4.19. The molecule has 0 N–H and O–H groups in total. The number of hydrogen-bond donors (Lipinski definition) is 0. The predicted molar refractivity (Wildman–Crippen MR) is 93.3 cm³/mol. The Hall–Kier alpha value is -2.40. The lowest BCUT2D eigenvalue weighted by Crippen LogP contribution is -2.49. The van der Waals surface area contributed by atoms with Crippen molar-refractivity contribution in [2.45, 2.75) is 6.92 Å². The van der Waals surface area contributed by atoms with Crippen molar-refractivity contribution in [2.24, 2.45) is 0 Å². The van der Waals surface area contributed by atoms with Crippen molar-refractivity contribution in [3.05, 3.63) is 59.9 Å². The van der Waals surface area contributed by atoms with Crippen LogP contribution in [0.25, 0.3) is 0 Å². The molecule has 24 heavy (non-hydrogen) atoms. The van der Waals surface area contributed by atoms with Crippen LogP contribution in [0, 0.1) is 6.92 Å². The minimum Gasteiger partial charge on any atom is -0.492 e. The van der Waals surface area contributed by atoms with Gasteiger partial charge in [-0.05, 0) is 31.2 Å². The first-order valence-electron chi connectivity index (χ1n) is 8.35. The molecule has 0 unspecified atom stereocenters. The molecular formula is C19H23N3O2. The highest BCUT2D eigenvalue weighted by Gasteiger charge is 2.22. The monoisotopic (exact) mass is 325 g/mol. The summed E-state index contributed by atoms with van der Waals surface area (Å²) >= 11 is 0. The summed E-state index contributed by atoms with van der Waals surface area (Å²) in [5.74, 6) is 0.927. The van der Waals surface area contributed by atoms with Gasteiger partial charge in [-0.1, -0.05) is 24.3 Å². The van der Waals surface area contributed by atoms with E-state index in [4.69, 9.17) is 4.74 Å². The number of aryl methyl sites for hydroxylation is 1. The molecule has 1 aliphatic heterocycles. The molecular weight excluding hydrogens is 302 g/mol. The number of amides is 1. The zero-order valence-corrected chi connectivity index (χ0v) is 14.0. The number of benzene rings is 1. The molecule has 0 bridgehead atoms. The maximum atomic E-state index is 12.5. The molecule has 5 nitrogen and oxygen atoms in total. The van der Waals surface area contributed by atoms with Gasteiger partial charge in [-0.2, -0.15) is 0 Å². The molecule has 1 saturated heterocycles. The van der Waals surface area contributed by atoms with Crippen molar-refractivity contribution in [1.29, 1.82) is 0 Å². The molecule has 126 valence electrons. The molecule has 2 heterocycles. The van der Waals surface area contributed by atoms with Gasteiger partial charge in [-0.15, -0.1) is 0 Å². The van der Waals surface area contributed by atoms with Crippen LogP contribution >= 0.6 is 0 Å². The summed E-state index contributed by atoms with van der Waals surface area (Å²) in [5, 5.41) is 0. The zero-order chi connectivity index (χ0) is 16.8. The van der Waals surface area contributed by atoms with Gasteiger partial charge >= 0.3 is 0 Å². The molecule has 3 rings (SSSR count). The number of ether oxygens (including phenoxy) is 1. The van der Waals surface area contributed by atoms with E-state index in [1.807, 2.05) is 54.3 Å². The number of piperazine rings is 1. The van der Waals surface area contributed by atoms with E-state index in [-0.39, 0.29) is 5.91 Å². The van der Waals surface area contributed by atoms with E-state index < -0.39 is 0 Å². The van der Waals surface area contributed by atoms with Crippen molar-refractivity contribution in [3.63, 3.8) is 0 Å². The number of carbonyl (C=O) groups excluding carboxylic acids is 1. The average molecular weight is 325 g/mol. The van der Waals surface area contributed by atoms with Gasteiger partial charge in [0.1, 0.15) is 18.1 Å². The van der Waals surface area contributed by atoms with Gasteiger partial charge in [-0.3, -0.25) is 9.69 Å². The highest BCUT2D eigenvalue weighted by Crippen LogP contribution is 2.10. The summed E-state index contributed by atoms with van der Waals surface area (Å²) in [6.45, 7) is 6.66. The lowest BCUT2D eigenvalue weighted by Gasteiger charge is -2.34. The van der Waals surface area contributed by atoms with Crippen LogP contribution in [0.15, 0.2) is 48.5 Å². The Labute approximate surface area is 142 Å². The van der Waals surface area contributed by atoms with E-state index in [9.17, 15) is 4.79 Å². The molecule has 0 spiro atoms. The maximum absolute atomic E-state index is 12.5.